The molecule has 1 aliphatic heterocycles. The van der Waals surface area contributed by atoms with Crippen molar-refractivity contribution in [3.05, 3.63) is 0 Å². The van der Waals surface area contributed by atoms with E-state index in [1.807, 2.05) is 6.92 Å². The van der Waals surface area contributed by atoms with Crippen molar-refractivity contribution < 1.29 is 13.2 Å². The van der Waals surface area contributed by atoms with E-state index in [9.17, 15) is 8.42 Å². The average Bonchev–Trinajstić information content (AvgIpc) is 2.34. The summed E-state index contributed by atoms with van der Waals surface area (Å²) in [5, 5.41) is 3.24. The Morgan fingerprint density at radius 1 is 1.44 bits per heavy atom. The van der Waals surface area contributed by atoms with Crippen molar-refractivity contribution in [1.82, 2.24) is 9.62 Å². The summed E-state index contributed by atoms with van der Waals surface area (Å²) in [7, 11) is -3.13. The molecule has 0 bridgehead atoms. The zero-order chi connectivity index (χ0) is 13.6. The fourth-order valence-electron chi connectivity index (χ4n) is 2.09. The van der Waals surface area contributed by atoms with Gasteiger partial charge in [-0.3, -0.25) is 0 Å². The zero-order valence-electron chi connectivity index (χ0n) is 11.7. The first-order chi connectivity index (χ1) is 8.47. The summed E-state index contributed by atoms with van der Waals surface area (Å²) < 4.78 is 31.5. The zero-order valence-corrected chi connectivity index (χ0v) is 12.5. The lowest BCUT2D eigenvalue weighted by molar-refractivity contribution is 0.0314. The van der Waals surface area contributed by atoms with Gasteiger partial charge in [-0.1, -0.05) is 20.8 Å². The highest BCUT2D eigenvalue weighted by atomic mass is 32.2. The van der Waals surface area contributed by atoms with Crippen LogP contribution in [0, 0.1) is 0 Å². The van der Waals surface area contributed by atoms with Crippen LogP contribution in [-0.2, 0) is 14.8 Å². The largest absolute Gasteiger partial charge is 0.378 e. The smallest absolute Gasteiger partial charge is 0.214 e. The van der Waals surface area contributed by atoms with E-state index in [1.165, 1.54) is 0 Å². The molecule has 18 heavy (non-hydrogen) atoms. The molecule has 0 saturated carbocycles. The summed E-state index contributed by atoms with van der Waals surface area (Å²) in [6.07, 6.45) is 1.47. The normalized spacial score (nSPS) is 22.6. The van der Waals surface area contributed by atoms with Crippen LogP contribution in [0.3, 0.4) is 0 Å². The molecule has 108 valence electrons. The Labute approximate surface area is 111 Å². The summed E-state index contributed by atoms with van der Waals surface area (Å²) in [4.78, 5) is 0. The van der Waals surface area contributed by atoms with E-state index < -0.39 is 10.0 Å². The topological polar surface area (TPSA) is 58.6 Å². The highest BCUT2D eigenvalue weighted by Gasteiger charge is 2.31. The lowest BCUT2D eigenvalue weighted by Crippen LogP contribution is -2.49. The molecule has 5 nitrogen and oxygen atoms in total. The van der Waals surface area contributed by atoms with Crippen molar-refractivity contribution in [2.45, 2.75) is 45.7 Å². The quantitative estimate of drug-likeness (QED) is 0.700. The van der Waals surface area contributed by atoms with Gasteiger partial charge in [0.05, 0.1) is 19.0 Å². The summed E-state index contributed by atoms with van der Waals surface area (Å²) in [5.41, 5.74) is 0. The van der Waals surface area contributed by atoms with Crippen molar-refractivity contribution in [2.24, 2.45) is 0 Å². The van der Waals surface area contributed by atoms with Gasteiger partial charge >= 0.3 is 0 Å². The molecule has 1 unspecified atom stereocenters. The maximum atomic E-state index is 12.2. The van der Waals surface area contributed by atoms with Gasteiger partial charge in [0.1, 0.15) is 0 Å². The SMILES string of the molecule is CCC1COCCN1S(=O)(=O)CCCNC(C)C. The van der Waals surface area contributed by atoms with Gasteiger partial charge in [0.15, 0.2) is 0 Å². The second-order valence-electron chi connectivity index (χ2n) is 5.03. The summed E-state index contributed by atoms with van der Waals surface area (Å²) in [6.45, 7) is 8.41. The van der Waals surface area contributed by atoms with Crippen LogP contribution in [-0.4, -0.2) is 56.9 Å². The fourth-order valence-corrected chi connectivity index (χ4v) is 3.85. The van der Waals surface area contributed by atoms with Crippen LogP contribution in [0.4, 0.5) is 0 Å². The molecular formula is C12H26N2O3S. The average molecular weight is 278 g/mol. The van der Waals surface area contributed by atoms with Gasteiger partial charge in [-0.25, -0.2) is 8.42 Å². The van der Waals surface area contributed by atoms with Crippen LogP contribution < -0.4 is 5.32 Å². The number of sulfonamides is 1. The Bertz CT molecular complexity index is 330. The molecule has 1 saturated heterocycles. The first kappa shape index (κ1) is 15.9. The Kier molecular flexibility index (Phi) is 6.55. The molecule has 1 aliphatic rings. The van der Waals surface area contributed by atoms with Gasteiger partial charge in [0, 0.05) is 18.6 Å². The van der Waals surface area contributed by atoms with Crippen LogP contribution in [0.25, 0.3) is 0 Å². The van der Waals surface area contributed by atoms with Crippen LogP contribution in [0.2, 0.25) is 0 Å². The first-order valence-electron chi connectivity index (χ1n) is 6.78. The van der Waals surface area contributed by atoms with Crippen molar-refractivity contribution in [1.29, 1.82) is 0 Å². The third-order valence-corrected chi connectivity index (χ3v) is 5.13. The van der Waals surface area contributed by atoms with E-state index in [1.54, 1.807) is 4.31 Å². The van der Waals surface area contributed by atoms with E-state index in [2.05, 4.69) is 19.2 Å². The second-order valence-corrected chi connectivity index (χ2v) is 7.07. The monoisotopic (exact) mass is 278 g/mol. The number of ether oxygens (including phenoxy) is 1. The number of morpholine rings is 1. The van der Waals surface area contributed by atoms with Crippen LogP contribution in [0.15, 0.2) is 0 Å². The Hall–Kier alpha value is -0.170. The molecule has 1 heterocycles. The number of rotatable bonds is 7. The number of nitrogens with one attached hydrogen (secondary N) is 1. The van der Waals surface area contributed by atoms with Gasteiger partial charge in [-0.15, -0.1) is 0 Å². The van der Waals surface area contributed by atoms with Gasteiger partial charge in [0.25, 0.3) is 0 Å². The minimum atomic E-state index is -3.13. The van der Waals surface area contributed by atoms with Gasteiger partial charge in [-0.2, -0.15) is 4.31 Å². The highest BCUT2D eigenvalue weighted by Crippen LogP contribution is 2.15. The minimum absolute atomic E-state index is 0.0156. The predicted molar refractivity (Wildman–Crippen MR) is 73.1 cm³/mol. The van der Waals surface area contributed by atoms with Gasteiger partial charge < -0.3 is 10.1 Å². The van der Waals surface area contributed by atoms with Crippen molar-refractivity contribution in [3.63, 3.8) is 0 Å². The van der Waals surface area contributed by atoms with E-state index >= 15 is 0 Å². The number of nitrogens with zero attached hydrogens (tertiary/aromatic N) is 1. The van der Waals surface area contributed by atoms with E-state index in [4.69, 9.17) is 4.74 Å². The first-order valence-corrected chi connectivity index (χ1v) is 8.39. The molecule has 1 N–H and O–H groups in total. The molecule has 0 amide bonds. The predicted octanol–water partition coefficient (Wildman–Crippen LogP) is 0.815. The number of hydrogen-bond acceptors (Lipinski definition) is 4. The van der Waals surface area contributed by atoms with Crippen molar-refractivity contribution in [2.75, 3.05) is 32.1 Å². The third-order valence-electron chi connectivity index (χ3n) is 3.13. The van der Waals surface area contributed by atoms with Gasteiger partial charge in [0.2, 0.25) is 10.0 Å². The summed E-state index contributed by atoms with van der Waals surface area (Å²) >= 11 is 0. The van der Waals surface area contributed by atoms with E-state index in [-0.39, 0.29) is 11.8 Å². The summed E-state index contributed by atoms with van der Waals surface area (Å²) in [6, 6.07) is 0.418. The molecule has 0 aromatic carbocycles. The van der Waals surface area contributed by atoms with E-state index in [0.717, 1.165) is 13.0 Å². The van der Waals surface area contributed by atoms with Crippen molar-refractivity contribution >= 4 is 10.0 Å². The molecule has 0 aromatic heterocycles. The third kappa shape index (κ3) is 4.84. The highest BCUT2D eigenvalue weighted by molar-refractivity contribution is 7.89. The Morgan fingerprint density at radius 3 is 2.78 bits per heavy atom. The van der Waals surface area contributed by atoms with Crippen LogP contribution in [0.5, 0.6) is 0 Å². The van der Waals surface area contributed by atoms with Gasteiger partial charge in [-0.05, 0) is 19.4 Å². The number of hydrogen-bond donors (Lipinski definition) is 1. The molecule has 0 radical (unpaired) electrons. The molecule has 0 spiro atoms. The molecule has 0 aromatic rings. The maximum Gasteiger partial charge on any atom is 0.214 e. The lowest BCUT2D eigenvalue weighted by atomic mass is 10.2. The van der Waals surface area contributed by atoms with Crippen molar-refractivity contribution in [3.8, 4) is 0 Å². The van der Waals surface area contributed by atoms with Crippen LogP contribution in [0.1, 0.15) is 33.6 Å². The Balaban J connectivity index is 2.46. The molecule has 0 aliphatic carbocycles. The lowest BCUT2D eigenvalue weighted by Gasteiger charge is -2.34. The second kappa shape index (κ2) is 7.43. The van der Waals surface area contributed by atoms with Crippen LogP contribution >= 0.6 is 0 Å². The minimum Gasteiger partial charge on any atom is -0.378 e. The Morgan fingerprint density at radius 2 is 2.17 bits per heavy atom. The maximum absolute atomic E-state index is 12.2. The molecule has 1 fully saturated rings. The summed E-state index contributed by atoms with van der Waals surface area (Å²) in [5.74, 6) is 0.225. The molecule has 1 rings (SSSR count). The molecule has 1 atom stereocenters. The van der Waals surface area contributed by atoms with E-state index in [0.29, 0.717) is 32.2 Å². The molecule has 6 heteroatoms. The standard InChI is InChI=1S/C12H26N2O3S/c1-4-12-10-17-8-7-14(12)18(15,16)9-5-6-13-11(2)3/h11-13H,4-10H2,1-3H3. The molecular weight excluding hydrogens is 252 g/mol. The fraction of sp³-hybridized carbons (Fsp3) is 1.00.